The molecule has 108 valence electrons. The van der Waals surface area contributed by atoms with Crippen molar-refractivity contribution >= 4 is 22.4 Å². The van der Waals surface area contributed by atoms with Crippen LogP contribution in [0.2, 0.25) is 0 Å². The lowest BCUT2D eigenvalue weighted by molar-refractivity contribution is -0.125. The molecule has 0 saturated heterocycles. The van der Waals surface area contributed by atoms with E-state index in [4.69, 9.17) is 9.47 Å². The molecule has 1 fully saturated rings. The van der Waals surface area contributed by atoms with Gasteiger partial charge in [0.15, 0.2) is 16.6 Å². The molecule has 1 saturated carbocycles. The zero-order valence-corrected chi connectivity index (χ0v) is 12.1. The predicted octanol–water partition coefficient (Wildman–Crippen LogP) is 2.80. The van der Waals surface area contributed by atoms with Crippen LogP contribution in [0.15, 0.2) is 29.6 Å². The lowest BCUT2D eigenvalue weighted by Gasteiger charge is -2.25. The molecule has 2 heterocycles. The van der Waals surface area contributed by atoms with E-state index in [1.54, 1.807) is 6.07 Å². The van der Waals surface area contributed by atoms with Gasteiger partial charge in [0.2, 0.25) is 6.10 Å². The number of ether oxygens (including phenoxy) is 2. The first-order valence-electron chi connectivity index (χ1n) is 6.94. The fourth-order valence-electron chi connectivity index (χ4n) is 2.24. The molecule has 1 aromatic carbocycles. The quantitative estimate of drug-likeness (QED) is 0.947. The van der Waals surface area contributed by atoms with Gasteiger partial charge in [-0.05, 0) is 25.0 Å². The topological polar surface area (TPSA) is 60.5 Å². The Hall–Kier alpha value is -2.08. The Morgan fingerprint density at radius 3 is 2.90 bits per heavy atom. The molecule has 1 aliphatic heterocycles. The van der Waals surface area contributed by atoms with Gasteiger partial charge in [0, 0.05) is 11.3 Å². The van der Waals surface area contributed by atoms with Gasteiger partial charge in [0.05, 0.1) is 5.69 Å². The Morgan fingerprint density at radius 1 is 1.29 bits per heavy atom. The lowest BCUT2D eigenvalue weighted by Crippen LogP contribution is -2.40. The van der Waals surface area contributed by atoms with E-state index >= 15 is 0 Å². The van der Waals surface area contributed by atoms with Gasteiger partial charge in [-0.1, -0.05) is 12.1 Å². The first-order valence-corrected chi connectivity index (χ1v) is 7.82. The van der Waals surface area contributed by atoms with E-state index < -0.39 is 6.10 Å². The zero-order valence-electron chi connectivity index (χ0n) is 11.2. The molecule has 1 unspecified atom stereocenters. The highest BCUT2D eigenvalue weighted by Crippen LogP contribution is 2.41. The van der Waals surface area contributed by atoms with E-state index in [1.807, 2.05) is 23.6 Å². The van der Waals surface area contributed by atoms with E-state index in [0.717, 1.165) is 5.69 Å². The zero-order chi connectivity index (χ0) is 14.2. The van der Waals surface area contributed by atoms with Crippen molar-refractivity contribution in [3.05, 3.63) is 35.3 Å². The lowest BCUT2D eigenvalue weighted by atomic mass is 10.2. The van der Waals surface area contributed by atoms with Crippen molar-refractivity contribution in [3.8, 4) is 11.5 Å². The molecular weight excluding hydrogens is 288 g/mol. The van der Waals surface area contributed by atoms with Crippen molar-refractivity contribution in [3.63, 3.8) is 0 Å². The maximum atomic E-state index is 12.2. The number of thiazole rings is 1. The molecule has 0 bridgehead atoms. The monoisotopic (exact) mass is 302 g/mol. The SMILES string of the molecule is O=C(Nc1nc(C2CC2)cs1)C1COc2ccccc2O1. The summed E-state index contributed by atoms with van der Waals surface area (Å²) in [6, 6.07) is 7.35. The number of amides is 1. The van der Waals surface area contributed by atoms with E-state index in [9.17, 15) is 4.79 Å². The second kappa shape index (κ2) is 5.04. The normalized spacial score (nSPS) is 20.1. The molecule has 4 rings (SSSR count). The van der Waals surface area contributed by atoms with Crippen LogP contribution in [0.3, 0.4) is 0 Å². The number of nitrogens with zero attached hydrogens (tertiary/aromatic N) is 1. The Labute approximate surface area is 125 Å². The summed E-state index contributed by atoms with van der Waals surface area (Å²) in [5.74, 6) is 1.64. The molecule has 2 aliphatic rings. The highest BCUT2D eigenvalue weighted by Gasteiger charge is 2.29. The Balaban J connectivity index is 1.43. The highest BCUT2D eigenvalue weighted by atomic mass is 32.1. The van der Waals surface area contributed by atoms with Crippen molar-refractivity contribution in [2.75, 3.05) is 11.9 Å². The molecule has 21 heavy (non-hydrogen) atoms. The average molecular weight is 302 g/mol. The molecule has 6 heteroatoms. The van der Waals surface area contributed by atoms with Gasteiger partial charge in [-0.2, -0.15) is 0 Å². The molecule has 5 nitrogen and oxygen atoms in total. The first-order chi connectivity index (χ1) is 10.3. The molecule has 2 aromatic rings. The number of fused-ring (bicyclic) bond motifs is 1. The Bertz CT molecular complexity index is 681. The molecule has 1 aromatic heterocycles. The van der Waals surface area contributed by atoms with Crippen molar-refractivity contribution in [2.24, 2.45) is 0 Å². The molecule has 1 atom stereocenters. The minimum Gasteiger partial charge on any atom is -0.485 e. The van der Waals surface area contributed by atoms with Gasteiger partial charge in [0.25, 0.3) is 5.91 Å². The number of hydrogen-bond donors (Lipinski definition) is 1. The fourth-order valence-corrected chi connectivity index (χ4v) is 3.04. The van der Waals surface area contributed by atoms with Crippen LogP contribution in [0.4, 0.5) is 5.13 Å². The second-order valence-corrected chi connectivity index (χ2v) is 6.06. The summed E-state index contributed by atoms with van der Waals surface area (Å²) < 4.78 is 11.2. The smallest absolute Gasteiger partial charge is 0.270 e. The van der Waals surface area contributed by atoms with Crippen LogP contribution in [-0.4, -0.2) is 23.6 Å². The molecule has 0 spiro atoms. The van der Waals surface area contributed by atoms with Gasteiger partial charge in [-0.25, -0.2) is 4.98 Å². The average Bonchev–Trinajstić information content (AvgIpc) is 3.27. The predicted molar refractivity (Wildman–Crippen MR) is 79.1 cm³/mol. The number of aromatic nitrogens is 1. The van der Waals surface area contributed by atoms with Crippen molar-refractivity contribution in [2.45, 2.75) is 24.9 Å². The van der Waals surface area contributed by atoms with E-state index in [-0.39, 0.29) is 12.5 Å². The third-order valence-electron chi connectivity index (χ3n) is 3.55. The number of carbonyl (C=O) groups is 1. The van der Waals surface area contributed by atoms with E-state index in [0.29, 0.717) is 22.5 Å². The molecule has 1 aliphatic carbocycles. The van der Waals surface area contributed by atoms with Gasteiger partial charge < -0.3 is 9.47 Å². The third-order valence-corrected chi connectivity index (χ3v) is 4.32. The van der Waals surface area contributed by atoms with E-state index in [1.165, 1.54) is 24.2 Å². The van der Waals surface area contributed by atoms with Crippen LogP contribution < -0.4 is 14.8 Å². The van der Waals surface area contributed by atoms with Gasteiger partial charge in [-0.15, -0.1) is 11.3 Å². The van der Waals surface area contributed by atoms with Gasteiger partial charge in [0.1, 0.15) is 6.61 Å². The molecule has 1 N–H and O–H groups in total. The van der Waals surface area contributed by atoms with E-state index in [2.05, 4.69) is 10.3 Å². The number of nitrogens with one attached hydrogen (secondary N) is 1. The summed E-state index contributed by atoms with van der Waals surface area (Å²) in [7, 11) is 0. The minimum absolute atomic E-state index is 0.212. The highest BCUT2D eigenvalue weighted by molar-refractivity contribution is 7.13. The van der Waals surface area contributed by atoms with Crippen molar-refractivity contribution < 1.29 is 14.3 Å². The largest absolute Gasteiger partial charge is 0.485 e. The second-order valence-electron chi connectivity index (χ2n) is 5.21. The molecule has 1 amide bonds. The molecular formula is C15H14N2O3S. The number of para-hydroxylation sites is 2. The summed E-state index contributed by atoms with van der Waals surface area (Å²) in [6.45, 7) is 0.212. The van der Waals surface area contributed by atoms with Crippen LogP contribution in [-0.2, 0) is 4.79 Å². The van der Waals surface area contributed by atoms with Crippen LogP contribution >= 0.6 is 11.3 Å². The van der Waals surface area contributed by atoms with Crippen LogP contribution in [0, 0.1) is 0 Å². The maximum absolute atomic E-state index is 12.2. The van der Waals surface area contributed by atoms with Crippen LogP contribution in [0.5, 0.6) is 11.5 Å². The number of hydrogen-bond acceptors (Lipinski definition) is 5. The third kappa shape index (κ3) is 2.58. The number of carbonyl (C=O) groups excluding carboxylic acids is 1. The van der Waals surface area contributed by atoms with Crippen LogP contribution in [0.25, 0.3) is 0 Å². The Morgan fingerprint density at radius 2 is 2.10 bits per heavy atom. The van der Waals surface area contributed by atoms with Crippen LogP contribution in [0.1, 0.15) is 24.5 Å². The summed E-state index contributed by atoms with van der Waals surface area (Å²) in [5.41, 5.74) is 1.08. The first kappa shape index (κ1) is 12.6. The standard InChI is InChI=1S/C15H14N2O3S/c18-14(17-15-16-10(8-21-15)9-5-6-9)13-7-19-11-3-1-2-4-12(11)20-13/h1-4,8-9,13H,5-7H2,(H,16,17,18). The summed E-state index contributed by atoms with van der Waals surface area (Å²) in [4.78, 5) is 16.7. The minimum atomic E-state index is -0.645. The van der Waals surface area contributed by atoms with Crippen molar-refractivity contribution in [1.29, 1.82) is 0 Å². The number of anilines is 1. The number of rotatable bonds is 3. The maximum Gasteiger partial charge on any atom is 0.270 e. The summed E-state index contributed by atoms with van der Waals surface area (Å²) in [6.07, 6.45) is 1.76. The summed E-state index contributed by atoms with van der Waals surface area (Å²) in [5, 5.41) is 5.45. The van der Waals surface area contributed by atoms with Gasteiger partial charge >= 0.3 is 0 Å². The fraction of sp³-hybridized carbons (Fsp3) is 0.333. The van der Waals surface area contributed by atoms with Gasteiger partial charge in [-0.3, -0.25) is 10.1 Å². The van der Waals surface area contributed by atoms with Crippen molar-refractivity contribution in [1.82, 2.24) is 4.98 Å². The number of benzene rings is 1. The molecule has 0 radical (unpaired) electrons. The Kier molecular flexibility index (Phi) is 3.03. The summed E-state index contributed by atoms with van der Waals surface area (Å²) >= 11 is 1.46.